The molecule has 1 atom stereocenters. The maximum Gasteiger partial charge on any atom is 0.0977 e. The van der Waals surface area contributed by atoms with E-state index < -0.39 is 0 Å². The van der Waals surface area contributed by atoms with E-state index in [-0.39, 0.29) is 5.92 Å². The standard InChI is InChI=1S/C15H16N2/c1-2-3-12-4-6-13(7-5-12)15(10-16)14-8-9-17-11-14/h4-9,11,15,17H,2-3H2,1H3. The van der Waals surface area contributed by atoms with E-state index in [0.29, 0.717) is 0 Å². The van der Waals surface area contributed by atoms with Gasteiger partial charge < -0.3 is 4.98 Å². The van der Waals surface area contributed by atoms with Crippen LogP contribution in [0.2, 0.25) is 0 Å². The summed E-state index contributed by atoms with van der Waals surface area (Å²) in [6.07, 6.45) is 5.99. The Morgan fingerprint density at radius 3 is 2.47 bits per heavy atom. The first-order valence-corrected chi connectivity index (χ1v) is 5.96. The van der Waals surface area contributed by atoms with E-state index in [1.807, 2.05) is 18.5 Å². The summed E-state index contributed by atoms with van der Waals surface area (Å²) in [6, 6.07) is 12.7. The molecule has 2 aromatic rings. The number of nitriles is 1. The third-order valence-corrected chi connectivity index (χ3v) is 2.94. The van der Waals surface area contributed by atoms with Crippen molar-refractivity contribution in [2.75, 3.05) is 0 Å². The molecule has 1 aromatic heterocycles. The van der Waals surface area contributed by atoms with Gasteiger partial charge in [-0.25, -0.2) is 0 Å². The molecule has 0 fully saturated rings. The summed E-state index contributed by atoms with van der Waals surface area (Å²) in [4.78, 5) is 2.99. The first-order chi connectivity index (χ1) is 8.35. The fourth-order valence-corrected chi connectivity index (χ4v) is 2.02. The highest BCUT2D eigenvalue weighted by Gasteiger charge is 2.13. The van der Waals surface area contributed by atoms with Gasteiger partial charge in [0.15, 0.2) is 0 Å². The Morgan fingerprint density at radius 2 is 1.94 bits per heavy atom. The van der Waals surface area contributed by atoms with E-state index in [0.717, 1.165) is 24.0 Å². The summed E-state index contributed by atoms with van der Waals surface area (Å²) in [5.41, 5.74) is 3.42. The largest absolute Gasteiger partial charge is 0.367 e. The third-order valence-electron chi connectivity index (χ3n) is 2.94. The van der Waals surface area contributed by atoms with Gasteiger partial charge in [-0.2, -0.15) is 5.26 Å². The zero-order valence-corrected chi connectivity index (χ0v) is 9.98. The van der Waals surface area contributed by atoms with Crippen LogP contribution in [0.3, 0.4) is 0 Å². The fourth-order valence-electron chi connectivity index (χ4n) is 2.02. The van der Waals surface area contributed by atoms with Crippen molar-refractivity contribution in [1.29, 1.82) is 5.26 Å². The van der Waals surface area contributed by atoms with Crippen molar-refractivity contribution in [3.8, 4) is 6.07 Å². The lowest BCUT2D eigenvalue weighted by molar-refractivity contribution is 0.918. The van der Waals surface area contributed by atoms with Crippen molar-refractivity contribution >= 4 is 0 Å². The van der Waals surface area contributed by atoms with Crippen molar-refractivity contribution in [3.63, 3.8) is 0 Å². The monoisotopic (exact) mass is 224 g/mol. The highest BCUT2D eigenvalue weighted by Crippen LogP contribution is 2.23. The Morgan fingerprint density at radius 1 is 1.18 bits per heavy atom. The Bertz CT molecular complexity index is 489. The van der Waals surface area contributed by atoms with Crippen LogP contribution in [-0.2, 0) is 6.42 Å². The van der Waals surface area contributed by atoms with Gasteiger partial charge in [-0.05, 0) is 29.2 Å². The maximum absolute atomic E-state index is 9.26. The zero-order chi connectivity index (χ0) is 12.1. The second-order valence-corrected chi connectivity index (χ2v) is 4.20. The van der Waals surface area contributed by atoms with Crippen LogP contribution in [0.25, 0.3) is 0 Å². The highest BCUT2D eigenvalue weighted by atomic mass is 14.6. The molecule has 0 saturated carbocycles. The SMILES string of the molecule is CCCc1ccc(C(C#N)c2cc[nH]c2)cc1. The first kappa shape index (κ1) is 11.5. The van der Waals surface area contributed by atoms with Gasteiger partial charge in [-0.1, -0.05) is 37.6 Å². The Labute approximate surface area is 102 Å². The van der Waals surface area contributed by atoms with Crippen LogP contribution in [0.15, 0.2) is 42.7 Å². The molecule has 0 saturated heterocycles. The second-order valence-electron chi connectivity index (χ2n) is 4.20. The molecule has 0 aliphatic heterocycles. The number of hydrogen-bond donors (Lipinski definition) is 1. The summed E-state index contributed by atoms with van der Waals surface area (Å²) < 4.78 is 0. The molecule has 0 bridgehead atoms. The number of H-pyrrole nitrogens is 1. The maximum atomic E-state index is 9.26. The summed E-state index contributed by atoms with van der Waals surface area (Å²) in [7, 11) is 0. The molecule has 2 rings (SSSR count). The molecule has 1 heterocycles. The van der Waals surface area contributed by atoms with Crippen molar-refractivity contribution < 1.29 is 0 Å². The molecular weight excluding hydrogens is 208 g/mol. The van der Waals surface area contributed by atoms with Gasteiger partial charge in [0.2, 0.25) is 0 Å². The number of aromatic amines is 1. The molecule has 2 nitrogen and oxygen atoms in total. The predicted octanol–water partition coefficient (Wildman–Crippen LogP) is 3.62. The lowest BCUT2D eigenvalue weighted by atomic mass is 9.93. The summed E-state index contributed by atoms with van der Waals surface area (Å²) in [6.45, 7) is 2.17. The van der Waals surface area contributed by atoms with Gasteiger partial charge in [0.05, 0.1) is 12.0 Å². The van der Waals surface area contributed by atoms with Crippen LogP contribution in [0.1, 0.15) is 36.0 Å². The van der Waals surface area contributed by atoms with E-state index >= 15 is 0 Å². The van der Waals surface area contributed by atoms with Crippen LogP contribution in [0, 0.1) is 11.3 Å². The number of aryl methyl sites for hydroxylation is 1. The highest BCUT2D eigenvalue weighted by molar-refractivity contribution is 5.38. The number of hydrogen-bond acceptors (Lipinski definition) is 1. The van der Waals surface area contributed by atoms with Crippen molar-refractivity contribution in [3.05, 3.63) is 59.4 Å². The Hall–Kier alpha value is -2.01. The molecule has 86 valence electrons. The van der Waals surface area contributed by atoms with Gasteiger partial charge in [0.1, 0.15) is 0 Å². The Kier molecular flexibility index (Phi) is 3.62. The van der Waals surface area contributed by atoms with Crippen LogP contribution in [0.5, 0.6) is 0 Å². The molecule has 17 heavy (non-hydrogen) atoms. The number of benzene rings is 1. The minimum Gasteiger partial charge on any atom is -0.367 e. The molecule has 0 spiro atoms. The quantitative estimate of drug-likeness (QED) is 0.846. The lowest BCUT2D eigenvalue weighted by Crippen LogP contribution is -1.97. The van der Waals surface area contributed by atoms with Gasteiger partial charge in [0.25, 0.3) is 0 Å². The molecule has 0 radical (unpaired) electrons. The van der Waals surface area contributed by atoms with Gasteiger partial charge >= 0.3 is 0 Å². The topological polar surface area (TPSA) is 39.6 Å². The molecule has 2 heteroatoms. The van der Waals surface area contributed by atoms with Crippen molar-refractivity contribution in [2.45, 2.75) is 25.7 Å². The van der Waals surface area contributed by atoms with Gasteiger partial charge in [0, 0.05) is 12.4 Å². The smallest absolute Gasteiger partial charge is 0.0977 e. The molecule has 1 unspecified atom stereocenters. The normalized spacial score (nSPS) is 12.0. The summed E-state index contributed by atoms with van der Waals surface area (Å²) >= 11 is 0. The number of rotatable bonds is 4. The van der Waals surface area contributed by atoms with Crippen LogP contribution < -0.4 is 0 Å². The number of nitrogens with zero attached hydrogens (tertiary/aromatic N) is 1. The van der Waals surface area contributed by atoms with Crippen LogP contribution >= 0.6 is 0 Å². The predicted molar refractivity (Wildman–Crippen MR) is 68.7 cm³/mol. The Balaban J connectivity index is 2.24. The zero-order valence-electron chi connectivity index (χ0n) is 9.98. The van der Waals surface area contributed by atoms with E-state index in [1.165, 1.54) is 5.56 Å². The average molecular weight is 224 g/mol. The number of aromatic nitrogens is 1. The molecule has 1 aromatic carbocycles. The van der Waals surface area contributed by atoms with Crippen molar-refractivity contribution in [2.24, 2.45) is 0 Å². The van der Waals surface area contributed by atoms with Crippen LogP contribution in [0.4, 0.5) is 0 Å². The molecule has 0 aliphatic carbocycles. The minimum atomic E-state index is -0.170. The molecular formula is C15H16N2. The van der Waals surface area contributed by atoms with Gasteiger partial charge in [-0.15, -0.1) is 0 Å². The van der Waals surface area contributed by atoms with E-state index in [1.54, 1.807) is 0 Å². The molecule has 0 amide bonds. The lowest BCUT2D eigenvalue weighted by Gasteiger charge is -2.08. The van der Waals surface area contributed by atoms with E-state index in [2.05, 4.69) is 42.2 Å². The summed E-state index contributed by atoms with van der Waals surface area (Å²) in [5, 5.41) is 9.26. The van der Waals surface area contributed by atoms with E-state index in [9.17, 15) is 5.26 Å². The van der Waals surface area contributed by atoms with Crippen LogP contribution in [-0.4, -0.2) is 4.98 Å². The second kappa shape index (κ2) is 5.36. The minimum absolute atomic E-state index is 0.170. The number of nitrogens with one attached hydrogen (secondary N) is 1. The summed E-state index contributed by atoms with van der Waals surface area (Å²) in [5.74, 6) is -0.170. The van der Waals surface area contributed by atoms with Crippen molar-refractivity contribution in [1.82, 2.24) is 4.98 Å². The van der Waals surface area contributed by atoms with E-state index in [4.69, 9.17) is 0 Å². The average Bonchev–Trinajstić information content (AvgIpc) is 2.86. The third kappa shape index (κ3) is 2.57. The molecule has 1 N–H and O–H groups in total. The fraction of sp³-hybridized carbons (Fsp3) is 0.267. The van der Waals surface area contributed by atoms with Gasteiger partial charge in [-0.3, -0.25) is 0 Å². The first-order valence-electron chi connectivity index (χ1n) is 5.96. The molecule has 0 aliphatic rings.